The Bertz CT molecular complexity index is 730. The van der Waals surface area contributed by atoms with Gasteiger partial charge in [-0.1, -0.05) is 13.0 Å². The van der Waals surface area contributed by atoms with Gasteiger partial charge in [-0.2, -0.15) is 4.31 Å². The summed E-state index contributed by atoms with van der Waals surface area (Å²) in [5.41, 5.74) is 1.11. The number of halogens is 1. The van der Waals surface area contributed by atoms with Gasteiger partial charge in [0, 0.05) is 31.2 Å². The van der Waals surface area contributed by atoms with Crippen LogP contribution in [0.4, 0.5) is 0 Å². The lowest BCUT2D eigenvalue weighted by Gasteiger charge is -2.27. The number of benzene rings is 1. The molecule has 3 rings (SSSR count). The third-order valence-electron chi connectivity index (χ3n) is 4.69. The van der Waals surface area contributed by atoms with Crippen molar-refractivity contribution < 1.29 is 17.9 Å². The first-order valence-corrected chi connectivity index (χ1v) is 10.2. The van der Waals surface area contributed by atoms with Crippen molar-refractivity contribution in [3.8, 4) is 0 Å². The van der Waals surface area contributed by atoms with Crippen molar-refractivity contribution in [2.75, 3.05) is 39.4 Å². The molecule has 1 amide bonds. The number of morpholine rings is 1. The van der Waals surface area contributed by atoms with Crippen molar-refractivity contribution in [2.45, 2.75) is 30.7 Å². The molecule has 2 heterocycles. The molecular formula is C17H26ClN3O4S. The first-order valence-electron chi connectivity index (χ1n) is 8.74. The van der Waals surface area contributed by atoms with Crippen LogP contribution in [0.3, 0.4) is 0 Å². The van der Waals surface area contributed by atoms with E-state index in [0.29, 0.717) is 38.3 Å². The molecule has 9 heteroatoms. The fourth-order valence-corrected chi connectivity index (χ4v) is 4.93. The molecule has 1 atom stereocenters. The fourth-order valence-electron chi connectivity index (χ4n) is 3.20. The minimum Gasteiger partial charge on any atom is -0.379 e. The molecule has 2 saturated heterocycles. The number of rotatable bonds is 5. The monoisotopic (exact) mass is 403 g/mol. The molecule has 26 heavy (non-hydrogen) atoms. The first-order chi connectivity index (χ1) is 12.0. The van der Waals surface area contributed by atoms with Gasteiger partial charge in [0.1, 0.15) is 0 Å². The topological polar surface area (TPSA) is 87.7 Å². The highest BCUT2D eigenvalue weighted by Crippen LogP contribution is 2.23. The number of hydrogen-bond acceptors (Lipinski definition) is 5. The van der Waals surface area contributed by atoms with Crippen LogP contribution >= 0.6 is 12.4 Å². The SMILES string of the molecule is CCc1ccc(C(=O)NC2CCNC2)cc1S(=O)(=O)N1CCOCC1.Cl. The molecule has 0 bridgehead atoms. The summed E-state index contributed by atoms with van der Waals surface area (Å²) in [5, 5.41) is 6.16. The maximum absolute atomic E-state index is 13.0. The van der Waals surface area contributed by atoms with Crippen molar-refractivity contribution in [3.05, 3.63) is 29.3 Å². The molecule has 1 unspecified atom stereocenters. The molecule has 0 aliphatic carbocycles. The number of ether oxygens (including phenoxy) is 1. The molecule has 1 aromatic carbocycles. The molecule has 1 aromatic rings. The normalized spacial score (nSPS) is 21.2. The van der Waals surface area contributed by atoms with Crippen molar-refractivity contribution >= 4 is 28.3 Å². The summed E-state index contributed by atoms with van der Waals surface area (Å²) in [6.07, 6.45) is 1.48. The van der Waals surface area contributed by atoms with Gasteiger partial charge in [0.15, 0.2) is 0 Å². The number of carbonyl (C=O) groups excluding carboxylic acids is 1. The molecular weight excluding hydrogens is 378 g/mol. The molecule has 0 aromatic heterocycles. The third-order valence-corrected chi connectivity index (χ3v) is 6.67. The van der Waals surface area contributed by atoms with Crippen LogP contribution in [0.25, 0.3) is 0 Å². The molecule has 7 nitrogen and oxygen atoms in total. The Balaban J connectivity index is 0.00000243. The van der Waals surface area contributed by atoms with Crippen molar-refractivity contribution in [1.29, 1.82) is 0 Å². The van der Waals surface area contributed by atoms with E-state index in [1.54, 1.807) is 12.1 Å². The van der Waals surface area contributed by atoms with Crippen LogP contribution in [0.5, 0.6) is 0 Å². The highest BCUT2D eigenvalue weighted by molar-refractivity contribution is 7.89. The van der Waals surface area contributed by atoms with E-state index in [4.69, 9.17) is 4.74 Å². The highest BCUT2D eigenvalue weighted by Gasteiger charge is 2.29. The molecule has 2 aliphatic rings. The van der Waals surface area contributed by atoms with Crippen LogP contribution in [0.15, 0.2) is 23.1 Å². The van der Waals surface area contributed by atoms with E-state index in [9.17, 15) is 13.2 Å². The second kappa shape index (κ2) is 9.14. The van der Waals surface area contributed by atoms with E-state index in [1.807, 2.05) is 6.92 Å². The lowest BCUT2D eigenvalue weighted by Crippen LogP contribution is -2.41. The predicted molar refractivity (Wildman–Crippen MR) is 101 cm³/mol. The van der Waals surface area contributed by atoms with Gasteiger partial charge in [-0.05, 0) is 37.1 Å². The Morgan fingerprint density at radius 1 is 1.35 bits per heavy atom. The van der Waals surface area contributed by atoms with Crippen LogP contribution in [-0.4, -0.2) is 64.1 Å². The Hall–Kier alpha value is -1.19. The zero-order valence-electron chi connectivity index (χ0n) is 14.9. The van der Waals surface area contributed by atoms with E-state index >= 15 is 0 Å². The first kappa shape index (κ1) is 21.1. The summed E-state index contributed by atoms with van der Waals surface area (Å²) in [6, 6.07) is 5.06. The Morgan fingerprint density at radius 2 is 2.08 bits per heavy atom. The van der Waals surface area contributed by atoms with E-state index in [1.165, 1.54) is 10.4 Å². The average molecular weight is 404 g/mol. The van der Waals surface area contributed by atoms with Crippen LogP contribution < -0.4 is 10.6 Å². The molecule has 2 fully saturated rings. The van der Waals surface area contributed by atoms with Crippen LogP contribution in [-0.2, 0) is 21.2 Å². The predicted octanol–water partition coefficient (Wildman–Crippen LogP) is 0.783. The minimum atomic E-state index is -3.63. The van der Waals surface area contributed by atoms with Crippen molar-refractivity contribution in [3.63, 3.8) is 0 Å². The van der Waals surface area contributed by atoms with Gasteiger partial charge in [-0.15, -0.1) is 12.4 Å². The summed E-state index contributed by atoms with van der Waals surface area (Å²) in [4.78, 5) is 12.7. The number of aryl methyl sites for hydroxylation is 1. The summed E-state index contributed by atoms with van der Waals surface area (Å²) in [7, 11) is -3.63. The zero-order chi connectivity index (χ0) is 17.9. The molecule has 0 saturated carbocycles. The summed E-state index contributed by atoms with van der Waals surface area (Å²) < 4.78 is 32.7. The summed E-state index contributed by atoms with van der Waals surface area (Å²) in [5.74, 6) is -0.227. The lowest BCUT2D eigenvalue weighted by molar-refractivity contribution is 0.0730. The number of amides is 1. The van der Waals surface area contributed by atoms with Crippen LogP contribution in [0.2, 0.25) is 0 Å². The van der Waals surface area contributed by atoms with Crippen LogP contribution in [0, 0.1) is 0 Å². The van der Waals surface area contributed by atoms with E-state index < -0.39 is 10.0 Å². The number of nitrogens with one attached hydrogen (secondary N) is 2. The second-order valence-electron chi connectivity index (χ2n) is 6.36. The van der Waals surface area contributed by atoms with Crippen LogP contribution in [0.1, 0.15) is 29.3 Å². The van der Waals surface area contributed by atoms with E-state index in [-0.39, 0.29) is 29.3 Å². The molecule has 2 aliphatic heterocycles. The van der Waals surface area contributed by atoms with E-state index in [0.717, 1.165) is 25.1 Å². The van der Waals surface area contributed by atoms with E-state index in [2.05, 4.69) is 10.6 Å². The number of sulfonamides is 1. The molecule has 146 valence electrons. The standard InChI is InChI=1S/C17H25N3O4S.ClH/c1-2-13-3-4-14(17(21)19-15-5-6-18-12-15)11-16(13)25(22,23)20-7-9-24-10-8-20;/h3-4,11,15,18H,2,5-10,12H2,1H3,(H,19,21);1H. The van der Waals surface area contributed by atoms with Gasteiger partial charge in [0.2, 0.25) is 10.0 Å². The fraction of sp³-hybridized carbons (Fsp3) is 0.588. The number of nitrogens with zero attached hydrogens (tertiary/aromatic N) is 1. The molecule has 2 N–H and O–H groups in total. The van der Waals surface area contributed by atoms with Gasteiger partial charge in [0.25, 0.3) is 5.91 Å². The lowest BCUT2D eigenvalue weighted by atomic mass is 10.1. The maximum Gasteiger partial charge on any atom is 0.251 e. The van der Waals surface area contributed by atoms with Gasteiger partial charge in [-0.25, -0.2) is 8.42 Å². The number of carbonyl (C=O) groups is 1. The second-order valence-corrected chi connectivity index (χ2v) is 8.26. The Kier molecular flexibility index (Phi) is 7.42. The van der Waals surface area contributed by atoms with Gasteiger partial charge in [-0.3, -0.25) is 4.79 Å². The van der Waals surface area contributed by atoms with Gasteiger partial charge >= 0.3 is 0 Å². The van der Waals surface area contributed by atoms with Gasteiger partial charge < -0.3 is 15.4 Å². The quantitative estimate of drug-likeness (QED) is 0.758. The average Bonchev–Trinajstić information content (AvgIpc) is 3.15. The third kappa shape index (κ3) is 4.55. The smallest absolute Gasteiger partial charge is 0.251 e. The zero-order valence-corrected chi connectivity index (χ0v) is 16.5. The Labute approximate surface area is 160 Å². The number of hydrogen-bond donors (Lipinski definition) is 2. The van der Waals surface area contributed by atoms with Crippen molar-refractivity contribution in [1.82, 2.24) is 14.9 Å². The largest absolute Gasteiger partial charge is 0.379 e. The Morgan fingerprint density at radius 3 is 2.69 bits per heavy atom. The summed E-state index contributed by atoms with van der Waals surface area (Å²) in [6.45, 7) is 5.03. The molecule has 0 radical (unpaired) electrons. The maximum atomic E-state index is 13.0. The van der Waals surface area contributed by atoms with Crippen molar-refractivity contribution in [2.24, 2.45) is 0 Å². The summed E-state index contributed by atoms with van der Waals surface area (Å²) >= 11 is 0. The molecule has 0 spiro atoms. The highest BCUT2D eigenvalue weighted by atomic mass is 35.5. The van der Waals surface area contributed by atoms with Gasteiger partial charge in [0.05, 0.1) is 18.1 Å². The minimum absolute atomic E-state index is 0.